The van der Waals surface area contributed by atoms with Gasteiger partial charge in [0.2, 0.25) is 0 Å². The molecule has 1 aliphatic rings. The molecular weight excluding hydrogens is 250 g/mol. The molecule has 0 fully saturated rings. The summed E-state index contributed by atoms with van der Waals surface area (Å²) in [6.07, 6.45) is 1.63. The van der Waals surface area contributed by atoms with E-state index in [1.807, 2.05) is 48.5 Å². The summed E-state index contributed by atoms with van der Waals surface area (Å²) in [5.41, 5.74) is 3.81. The predicted molar refractivity (Wildman–Crippen MR) is 72.0 cm³/mol. The van der Waals surface area contributed by atoms with Crippen molar-refractivity contribution in [3.05, 3.63) is 65.9 Å². The van der Waals surface area contributed by atoms with Crippen molar-refractivity contribution in [3.63, 3.8) is 0 Å². The zero-order valence-corrected chi connectivity index (χ0v) is 10.9. The van der Waals surface area contributed by atoms with Crippen molar-refractivity contribution in [1.82, 2.24) is 9.90 Å². The van der Waals surface area contributed by atoms with Crippen LogP contribution in [0.5, 0.6) is 5.88 Å². The number of benzene rings is 2. The molecule has 2 heterocycles. The lowest BCUT2D eigenvalue weighted by molar-refractivity contribution is -0.671. The van der Waals surface area contributed by atoms with E-state index in [4.69, 9.17) is 0 Å². The fraction of sp³-hybridized carbons (Fsp3) is 0.125. The first-order chi connectivity index (χ1) is 9.84. The van der Waals surface area contributed by atoms with Gasteiger partial charge in [0.05, 0.1) is 0 Å². The van der Waals surface area contributed by atoms with Gasteiger partial charge in [-0.2, -0.15) is 0 Å². The minimum absolute atomic E-state index is 0.0225. The van der Waals surface area contributed by atoms with E-state index in [0.717, 1.165) is 29.9 Å². The summed E-state index contributed by atoms with van der Waals surface area (Å²) in [6, 6.07) is 17.7. The molecule has 0 aliphatic carbocycles. The van der Waals surface area contributed by atoms with Crippen LogP contribution in [-0.4, -0.2) is 9.90 Å². The van der Waals surface area contributed by atoms with Crippen LogP contribution in [0.15, 0.2) is 54.6 Å². The Labute approximate surface area is 116 Å². The highest BCUT2D eigenvalue weighted by Crippen LogP contribution is 2.23. The number of hydrogen-bond acceptors (Lipinski definition) is 2. The Kier molecular flexibility index (Phi) is 2.36. The molecule has 0 atom stereocenters. The lowest BCUT2D eigenvalue weighted by Gasteiger charge is -2.12. The lowest BCUT2D eigenvalue weighted by Crippen LogP contribution is -2.41. The second-order valence-corrected chi connectivity index (χ2v) is 4.93. The summed E-state index contributed by atoms with van der Waals surface area (Å²) in [4.78, 5) is 0. The first-order valence-electron chi connectivity index (χ1n) is 6.69. The maximum absolute atomic E-state index is 12.5. The fourth-order valence-electron chi connectivity index (χ4n) is 2.72. The molecule has 4 nitrogen and oxygen atoms in total. The van der Waals surface area contributed by atoms with Gasteiger partial charge in [-0.25, -0.2) is 0 Å². The Morgan fingerprint density at radius 1 is 0.950 bits per heavy atom. The molecule has 2 aromatic carbocycles. The van der Waals surface area contributed by atoms with Crippen molar-refractivity contribution < 1.29 is 9.79 Å². The van der Waals surface area contributed by atoms with Gasteiger partial charge in [0, 0.05) is 12.0 Å². The van der Waals surface area contributed by atoms with Crippen LogP contribution in [0.2, 0.25) is 0 Å². The van der Waals surface area contributed by atoms with Gasteiger partial charge in [-0.3, -0.25) is 0 Å². The molecule has 0 bridgehead atoms. The number of nitrogens with zero attached hydrogens (tertiary/aromatic N) is 3. The first-order valence-corrected chi connectivity index (χ1v) is 6.69. The third-order valence-corrected chi connectivity index (χ3v) is 3.73. The van der Waals surface area contributed by atoms with Crippen LogP contribution in [0.3, 0.4) is 0 Å². The Morgan fingerprint density at radius 2 is 1.70 bits per heavy atom. The van der Waals surface area contributed by atoms with Gasteiger partial charge in [-0.05, 0) is 24.6 Å². The summed E-state index contributed by atoms with van der Waals surface area (Å²) >= 11 is 0. The summed E-state index contributed by atoms with van der Waals surface area (Å²) in [5.74, 6) is -0.0225. The second-order valence-electron chi connectivity index (χ2n) is 4.93. The topological polar surface area (TPSA) is 44.8 Å². The highest BCUT2D eigenvalue weighted by atomic mass is 16.3. The third-order valence-electron chi connectivity index (χ3n) is 3.73. The van der Waals surface area contributed by atoms with Crippen molar-refractivity contribution in [1.29, 1.82) is 0 Å². The maximum Gasteiger partial charge on any atom is 0.168 e. The number of para-hydroxylation sites is 2. The number of aromatic nitrogens is 3. The Bertz CT molecular complexity index is 778. The third kappa shape index (κ3) is 1.54. The van der Waals surface area contributed by atoms with E-state index in [2.05, 4.69) is 11.3 Å². The van der Waals surface area contributed by atoms with E-state index >= 15 is 0 Å². The highest BCUT2D eigenvalue weighted by molar-refractivity contribution is 5.39. The molecule has 0 unspecified atom stereocenters. The molecule has 20 heavy (non-hydrogen) atoms. The van der Waals surface area contributed by atoms with Crippen molar-refractivity contribution in [2.24, 2.45) is 0 Å². The SMILES string of the molecule is [O-]c1c2[n+](nn1-c1ccccc1)-c1ccccc1CC2. The van der Waals surface area contributed by atoms with Gasteiger partial charge in [0.15, 0.2) is 17.1 Å². The average molecular weight is 263 g/mol. The summed E-state index contributed by atoms with van der Waals surface area (Å²) in [6.45, 7) is 0. The molecule has 4 heteroatoms. The Morgan fingerprint density at radius 3 is 2.55 bits per heavy atom. The molecule has 0 radical (unpaired) electrons. The van der Waals surface area contributed by atoms with E-state index < -0.39 is 0 Å². The first kappa shape index (κ1) is 11.2. The molecule has 1 aromatic heterocycles. The summed E-state index contributed by atoms with van der Waals surface area (Å²) in [5, 5.41) is 17.0. The molecular formula is C16H13N3O. The second kappa shape index (κ2) is 4.20. The number of hydrogen-bond donors (Lipinski definition) is 0. The van der Waals surface area contributed by atoms with Crippen molar-refractivity contribution >= 4 is 0 Å². The zero-order chi connectivity index (χ0) is 13.5. The Balaban J connectivity index is 1.94. The largest absolute Gasteiger partial charge is 0.838 e. The molecule has 0 saturated carbocycles. The van der Waals surface area contributed by atoms with Crippen LogP contribution in [0, 0.1) is 0 Å². The average Bonchev–Trinajstić information content (AvgIpc) is 2.86. The molecule has 1 aliphatic heterocycles. The van der Waals surface area contributed by atoms with Gasteiger partial charge in [-0.15, -0.1) is 4.68 Å². The summed E-state index contributed by atoms with van der Waals surface area (Å²) in [7, 11) is 0. The van der Waals surface area contributed by atoms with Crippen molar-refractivity contribution in [2.75, 3.05) is 0 Å². The van der Waals surface area contributed by atoms with Gasteiger partial charge in [0.1, 0.15) is 11.1 Å². The van der Waals surface area contributed by atoms with Crippen molar-refractivity contribution in [2.45, 2.75) is 12.8 Å². The molecule has 0 amide bonds. The Hall–Kier alpha value is -2.62. The van der Waals surface area contributed by atoms with Gasteiger partial charge in [-0.1, -0.05) is 41.1 Å². The molecule has 3 aromatic rings. The van der Waals surface area contributed by atoms with Gasteiger partial charge >= 0.3 is 0 Å². The molecule has 0 saturated heterocycles. The number of aryl methyl sites for hydroxylation is 1. The standard InChI is InChI=1S/C16H13N3O/c20-16-15-11-10-12-6-4-5-9-14(12)19(15)17-18(16)13-7-2-1-3-8-13/h1-9H,10-11H2. The summed E-state index contributed by atoms with van der Waals surface area (Å²) < 4.78 is 3.27. The van der Waals surface area contributed by atoms with Crippen LogP contribution in [-0.2, 0) is 12.8 Å². The number of fused-ring (bicyclic) bond motifs is 3. The predicted octanol–water partition coefficient (Wildman–Crippen LogP) is 1.32. The maximum atomic E-state index is 12.5. The molecule has 0 N–H and O–H groups in total. The lowest BCUT2D eigenvalue weighted by atomic mass is 10.0. The minimum Gasteiger partial charge on any atom is -0.838 e. The van der Waals surface area contributed by atoms with Crippen LogP contribution >= 0.6 is 0 Å². The van der Waals surface area contributed by atoms with Crippen LogP contribution in [0.1, 0.15) is 11.3 Å². The zero-order valence-electron chi connectivity index (χ0n) is 10.9. The quantitative estimate of drug-likeness (QED) is 0.622. The molecule has 0 spiro atoms. The van der Waals surface area contributed by atoms with E-state index in [1.54, 1.807) is 4.68 Å². The molecule has 4 rings (SSSR count). The monoisotopic (exact) mass is 263 g/mol. The number of rotatable bonds is 1. The van der Waals surface area contributed by atoms with Crippen LogP contribution in [0.25, 0.3) is 11.4 Å². The van der Waals surface area contributed by atoms with Gasteiger partial charge < -0.3 is 5.11 Å². The minimum atomic E-state index is -0.0225. The van der Waals surface area contributed by atoms with Crippen LogP contribution in [0.4, 0.5) is 0 Å². The van der Waals surface area contributed by atoms with Crippen LogP contribution < -0.4 is 9.79 Å². The van der Waals surface area contributed by atoms with Gasteiger partial charge in [0.25, 0.3) is 0 Å². The van der Waals surface area contributed by atoms with E-state index in [-0.39, 0.29) is 5.88 Å². The van der Waals surface area contributed by atoms with E-state index in [1.165, 1.54) is 10.2 Å². The van der Waals surface area contributed by atoms with E-state index in [9.17, 15) is 5.11 Å². The highest BCUT2D eigenvalue weighted by Gasteiger charge is 2.27. The normalized spacial score (nSPS) is 12.8. The fourth-order valence-corrected chi connectivity index (χ4v) is 2.72. The van der Waals surface area contributed by atoms with E-state index in [0.29, 0.717) is 0 Å². The van der Waals surface area contributed by atoms with Crippen molar-refractivity contribution in [3.8, 4) is 17.3 Å². The smallest absolute Gasteiger partial charge is 0.168 e. The molecule has 98 valence electrons.